The van der Waals surface area contributed by atoms with E-state index in [4.69, 9.17) is 13.9 Å². The number of nitrogens with zero attached hydrogens (tertiary/aromatic N) is 1. The molecule has 0 bridgehead atoms. The number of ether oxygens (including phenoxy) is 2. The molecule has 0 unspecified atom stereocenters. The summed E-state index contributed by atoms with van der Waals surface area (Å²) in [6.07, 6.45) is 3.38. The molecule has 26 heavy (non-hydrogen) atoms. The molecule has 1 aromatic carbocycles. The highest BCUT2D eigenvalue weighted by Gasteiger charge is 2.28. The molecule has 2 aliphatic rings. The number of rotatable bonds is 4. The highest BCUT2D eigenvalue weighted by atomic mass is 16.6. The van der Waals surface area contributed by atoms with Crippen LogP contribution in [-0.2, 0) is 0 Å². The minimum Gasteiger partial charge on any atom is -0.486 e. The summed E-state index contributed by atoms with van der Waals surface area (Å²) in [4.78, 5) is 16.8. The predicted molar refractivity (Wildman–Crippen MR) is 95.5 cm³/mol. The number of amides is 1. The fraction of sp³-hybridized carbons (Fsp3) is 0.474. The lowest BCUT2D eigenvalue weighted by atomic mass is 9.81. The van der Waals surface area contributed by atoms with E-state index in [0.29, 0.717) is 42.7 Å². The van der Waals surface area contributed by atoms with Crippen molar-refractivity contribution >= 4 is 5.91 Å². The molecule has 2 N–H and O–H groups in total. The standard InChI is InChI=1S/C19H23N3O4/c1-19(4-6-20-7-5-19)11-21-18(23)16-17(26-12-22-16)13-2-3-14-15(10-13)25-9-8-24-14/h2-3,10,12,20H,4-9,11H2,1H3,(H,21,23). The Morgan fingerprint density at radius 3 is 2.81 bits per heavy atom. The number of carbonyl (C=O) groups excluding carboxylic acids is 1. The number of piperidine rings is 1. The molecule has 2 aromatic rings. The fourth-order valence-electron chi connectivity index (χ4n) is 3.38. The van der Waals surface area contributed by atoms with Crippen LogP contribution in [0, 0.1) is 5.41 Å². The Bertz CT molecular complexity index is 796. The first-order chi connectivity index (χ1) is 12.6. The van der Waals surface area contributed by atoms with Gasteiger partial charge < -0.3 is 24.5 Å². The van der Waals surface area contributed by atoms with Gasteiger partial charge in [0, 0.05) is 12.1 Å². The van der Waals surface area contributed by atoms with Crippen LogP contribution < -0.4 is 20.1 Å². The number of aromatic nitrogens is 1. The quantitative estimate of drug-likeness (QED) is 0.873. The van der Waals surface area contributed by atoms with E-state index < -0.39 is 0 Å². The molecular formula is C19H23N3O4. The van der Waals surface area contributed by atoms with Crippen LogP contribution in [0.3, 0.4) is 0 Å². The van der Waals surface area contributed by atoms with E-state index in [2.05, 4.69) is 22.5 Å². The van der Waals surface area contributed by atoms with Crippen LogP contribution in [0.25, 0.3) is 11.3 Å². The minimum absolute atomic E-state index is 0.113. The van der Waals surface area contributed by atoms with Gasteiger partial charge in [-0.25, -0.2) is 4.98 Å². The van der Waals surface area contributed by atoms with E-state index in [0.717, 1.165) is 31.5 Å². The summed E-state index contributed by atoms with van der Waals surface area (Å²) in [6.45, 7) is 5.85. The number of carbonyl (C=O) groups is 1. The van der Waals surface area contributed by atoms with Crippen molar-refractivity contribution in [1.82, 2.24) is 15.6 Å². The van der Waals surface area contributed by atoms with Gasteiger partial charge in [0.15, 0.2) is 29.3 Å². The van der Waals surface area contributed by atoms with E-state index in [1.165, 1.54) is 6.39 Å². The molecule has 0 radical (unpaired) electrons. The van der Waals surface area contributed by atoms with Crippen molar-refractivity contribution in [2.24, 2.45) is 5.41 Å². The Hall–Kier alpha value is -2.54. The zero-order valence-electron chi connectivity index (χ0n) is 14.8. The average molecular weight is 357 g/mol. The third-order valence-corrected chi connectivity index (χ3v) is 5.07. The van der Waals surface area contributed by atoms with Crippen molar-refractivity contribution in [2.75, 3.05) is 32.8 Å². The van der Waals surface area contributed by atoms with Crippen LogP contribution in [0.2, 0.25) is 0 Å². The van der Waals surface area contributed by atoms with Gasteiger partial charge in [0.1, 0.15) is 13.2 Å². The number of nitrogens with one attached hydrogen (secondary N) is 2. The molecule has 1 saturated heterocycles. The molecule has 0 saturated carbocycles. The van der Waals surface area contributed by atoms with E-state index in [1.807, 2.05) is 18.2 Å². The van der Waals surface area contributed by atoms with Crippen LogP contribution >= 0.6 is 0 Å². The topological polar surface area (TPSA) is 85.6 Å². The third kappa shape index (κ3) is 3.39. The zero-order chi connectivity index (χ0) is 18.0. The summed E-state index contributed by atoms with van der Waals surface area (Å²) < 4.78 is 16.6. The highest BCUT2D eigenvalue weighted by molar-refractivity contribution is 5.97. The molecule has 1 fully saturated rings. The smallest absolute Gasteiger partial charge is 0.273 e. The second-order valence-electron chi connectivity index (χ2n) is 7.13. The third-order valence-electron chi connectivity index (χ3n) is 5.07. The molecule has 7 nitrogen and oxygen atoms in total. The molecule has 3 heterocycles. The van der Waals surface area contributed by atoms with Crippen molar-refractivity contribution in [3.8, 4) is 22.8 Å². The average Bonchev–Trinajstić information content (AvgIpc) is 3.16. The highest BCUT2D eigenvalue weighted by Crippen LogP contribution is 2.35. The Kier molecular flexibility index (Phi) is 4.55. The summed E-state index contributed by atoms with van der Waals surface area (Å²) in [6, 6.07) is 5.49. The van der Waals surface area contributed by atoms with Gasteiger partial charge in [-0.3, -0.25) is 4.79 Å². The maximum atomic E-state index is 12.7. The molecule has 1 amide bonds. The maximum Gasteiger partial charge on any atom is 0.273 e. The number of hydrogen-bond donors (Lipinski definition) is 2. The lowest BCUT2D eigenvalue weighted by molar-refractivity contribution is 0.0918. The molecule has 0 aliphatic carbocycles. The van der Waals surface area contributed by atoms with Crippen molar-refractivity contribution in [3.05, 3.63) is 30.3 Å². The van der Waals surface area contributed by atoms with Crippen molar-refractivity contribution in [1.29, 1.82) is 0 Å². The van der Waals surface area contributed by atoms with Gasteiger partial charge in [-0.15, -0.1) is 0 Å². The van der Waals surface area contributed by atoms with Gasteiger partial charge in [-0.2, -0.15) is 0 Å². The summed E-state index contributed by atoms with van der Waals surface area (Å²) in [7, 11) is 0. The van der Waals surface area contributed by atoms with Crippen LogP contribution in [0.4, 0.5) is 0 Å². The monoisotopic (exact) mass is 357 g/mol. The molecule has 7 heteroatoms. The molecule has 1 aromatic heterocycles. The first-order valence-electron chi connectivity index (χ1n) is 8.97. The van der Waals surface area contributed by atoms with E-state index in [1.54, 1.807) is 0 Å². The Labute approximate surface area is 152 Å². The van der Waals surface area contributed by atoms with Gasteiger partial charge in [0.25, 0.3) is 5.91 Å². The van der Waals surface area contributed by atoms with Crippen molar-refractivity contribution in [3.63, 3.8) is 0 Å². The molecule has 0 spiro atoms. The molecular weight excluding hydrogens is 334 g/mol. The van der Waals surface area contributed by atoms with Crippen molar-refractivity contribution in [2.45, 2.75) is 19.8 Å². The van der Waals surface area contributed by atoms with Gasteiger partial charge in [-0.1, -0.05) is 6.92 Å². The Balaban J connectivity index is 1.50. The van der Waals surface area contributed by atoms with Crippen molar-refractivity contribution < 1.29 is 18.7 Å². The van der Waals surface area contributed by atoms with Gasteiger partial charge in [0.05, 0.1) is 0 Å². The number of benzene rings is 1. The van der Waals surface area contributed by atoms with Crippen LogP contribution in [0.15, 0.2) is 29.0 Å². The van der Waals surface area contributed by atoms with E-state index in [-0.39, 0.29) is 11.3 Å². The van der Waals surface area contributed by atoms with E-state index >= 15 is 0 Å². The van der Waals surface area contributed by atoms with Gasteiger partial charge in [-0.05, 0) is 49.5 Å². The molecule has 2 aliphatic heterocycles. The normalized spacial score (nSPS) is 18.3. The second-order valence-corrected chi connectivity index (χ2v) is 7.13. The zero-order valence-corrected chi connectivity index (χ0v) is 14.8. The van der Waals surface area contributed by atoms with E-state index in [9.17, 15) is 4.79 Å². The first-order valence-corrected chi connectivity index (χ1v) is 8.97. The largest absolute Gasteiger partial charge is 0.486 e. The lowest BCUT2D eigenvalue weighted by Gasteiger charge is -2.34. The summed E-state index contributed by atoms with van der Waals surface area (Å²) in [5.41, 5.74) is 1.14. The first kappa shape index (κ1) is 16.9. The molecule has 0 atom stereocenters. The minimum atomic E-state index is -0.219. The Morgan fingerprint density at radius 2 is 2.00 bits per heavy atom. The SMILES string of the molecule is CC1(CNC(=O)c2ncoc2-c2ccc3c(c2)OCCO3)CCNCC1. The van der Waals surface area contributed by atoms with Crippen LogP contribution in [-0.4, -0.2) is 43.7 Å². The number of oxazole rings is 1. The van der Waals surface area contributed by atoms with Gasteiger partial charge in [0.2, 0.25) is 0 Å². The van der Waals surface area contributed by atoms with Crippen LogP contribution in [0.5, 0.6) is 11.5 Å². The number of fused-ring (bicyclic) bond motifs is 1. The van der Waals surface area contributed by atoms with Gasteiger partial charge >= 0.3 is 0 Å². The molecule has 4 rings (SSSR count). The summed E-state index contributed by atoms with van der Waals surface area (Å²) in [5.74, 6) is 1.57. The predicted octanol–water partition coefficient (Wildman–Crippen LogP) is 2.23. The summed E-state index contributed by atoms with van der Waals surface area (Å²) >= 11 is 0. The summed E-state index contributed by atoms with van der Waals surface area (Å²) in [5, 5.41) is 6.37. The van der Waals surface area contributed by atoms with Crippen LogP contribution in [0.1, 0.15) is 30.3 Å². The molecule has 138 valence electrons. The Morgan fingerprint density at radius 1 is 1.23 bits per heavy atom. The number of hydrogen-bond acceptors (Lipinski definition) is 6. The lowest BCUT2D eigenvalue weighted by Crippen LogP contribution is -2.43. The second kappa shape index (κ2) is 6.99. The fourth-order valence-corrected chi connectivity index (χ4v) is 3.38. The maximum absolute atomic E-state index is 12.7.